The Balaban J connectivity index is 1.93. The second-order valence-electron chi connectivity index (χ2n) is 5.94. The molecule has 0 aliphatic carbocycles. The standard InChI is InChI=1S/C20H17ClO5/c1-11-6-15-13(8-19(22)26-18(15)7-12(11)2)10-25-20(23)16-9-14(21)4-5-17(16)24-3/h4-9H,10H2,1-3H3. The molecule has 6 heteroatoms. The molecule has 2 aromatic carbocycles. The van der Waals surface area contributed by atoms with E-state index in [1.54, 1.807) is 18.2 Å². The highest BCUT2D eigenvalue weighted by Crippen LogP contribution is 2.25. The van der Waals surface area contributed by atoms with Gasteiger partial charge in [0.2, 0.25) is 0 Å². The molecule has 134 valence electrons. The van der Waals surface area contributed by atoms with Crippen LogP contribution in [0.4, 0.5) is 0 Å². The van der Waals surface area contributed by atoms with Crippen LogP contribution in [0.5, 0.6) is 5.75 Å². The maximum Gasteiger partial charge on any atom is 0.342 e. The number of halogens is 1. The zero-order valence-corrected chi connectivity index (χ0v) is 15.3. The molecule has 0 spiro atoms. The first-order valence-corrected chi connectivity index (χ1v) is 8.31. The number of carbonyl (C=O) groups is 1. The first kappa shape index (κ1) is 18.0. The highest BCUT2D eigenvalue weighted by atomic mass is 35.5. The minimum Gasteiger partial charge on any atom is -0.496 e. The molecule has 5 nitrogen and oxygen atoms in total. The fourth-order valence-corrected chi connectivity index (χ4v) is 2.84. The predicted molar refractivity (Wildman–Crippen MR) is 99.1 cm³/mol. The van der Waals surface area contributed by atoms with Crippen molar-refractivity contribution < 1.29 is 18.7 Å². The number of hydrogen-bond donors (Lipinski definition) is 0. The lowest BCUT2D eigenvalue weighted by molar-refractivity contribution is 0.0470. The summed E-state index contributed by atoms with van der Waals surface area (Å²) >= 11 is 5.95. The predicted octanol–water partition coefficient (Wildman–Crippen LogP) is 4.43. The Labute approximate surface area is 155 Å². The molecule has 0 atom stereocenters. The highest BCUT2D eigenvalue weighted by Gasteiger charge is 2.16. The summed E-state index contributed by atoms with van der Waals surface area (Å²) in [5.74, 6) is -0.224. The third-order valence-corrected chi connectivity index (χ3v) is 4.42. The van der Waals surface area contributed by atoms with E-state index in [4.69, 9.17) is 25.5 Å². The topological polar surface area (TPSA) is 65.7 Å². The van der Waals surface area contributed by atoms with Gasteiger partial charge in [-0.3, -0.25) is 0 Å². The first-order chi connectivity index (χ1) is 12.4. The van der Waals surface area contributed by atoms with Crippen molar-refractivity contribution in [2.75, 3.05) is 7.11 Å². The SMILES string of the molecule is COc1ccc(Cl)cc1C(=O)OCc1cc(=O)oc2cc(C)c(C)cc12. The number of fused-ring (bicyclic) bond motifs is 1. The number of esters is 1. The van der Waals surface area contributed by atoms with Crippen LogP contribution in [0, 0.1) is 13.8 Å². The van der Waals surface area contributed by atoms with Crippen LogP contribution < -0.4 is 10.4 Å². The second-order valence-corrected chi connectivity index (χ2v) is 6.38. The van der Waals surface area contributed by atoms with E-state index in [2.05, 4.69) is 0 Å². The van der Waals surface area contributed by atoms with Crippen LogP contribution in [-0.2, 0) is 11.3 Å². The lowest BCUT2D eigenvalue weighted by atomic mass is 10.0. The van der Waals surface area contributed by atoms with Gasteiger partial charge in [0.15, 0.2) is 0 Å². The molecule has 1 aromatic heterocycles. The number of aryl methyl sites for hydroxylation is 2. The monoisotopic (exact) mass is 372 g/mol. The van der Waals surface area contributed by atoms with Crippen molar-refractivity contribution in [3.63, 3.8) is 0 Å². The molecular formula is C20H17ClO5. The van der Waals surface area contributed by atoms with Crippen molar-refractivity contribution in [2.24, 2.45) is 0 Å². The molecule has 0 bridgehead atoms. The van der Waals surface area contributed by atoms with E-state index in [9.17, 15) is 9.59 Å². The lowest BCUT2D eigenvalue weighted by Crippen LogP contribution is -2.09. The fraction of sp³-hybridized carbons (Fsp3) is 0.200. The molecule has 1 heterocycles. The molecular weight excluding hydrogens is 356 g/mol. The van der Waals surface area contributed by atoms with E-state index >= 15 is 0 Å². The Hall–Kier alpha value is -2.79. The maximum absolute atomic E-state index is 12.4. The Morgan fingerprint density at radius 2 is 1.85 bits per heavy atom. The van der Waals surface area contributed by atoms with E-state index in [0.29, 0.717) is 21.9 Å². The van der Waals surface area contributed by atoms with Crippen molar-refractivity contribution in [1.82, 2.24) is 0 Å². The van der Waals surface area contributed by atoms with Crippen molar-refractivity contribution >= 4 is 28.5 Å². The van der Waals surface area contributed by atoms with Gasteiger partial charge in [-0.05, 0) is 55.3 Å². The average Bonchev–Trinajstić information content (AvgIpc) is 2.60. The minimum absolute atomic E-state index is 0.0703. The van der Waals surface area contributed by atoms with Crippen LogP contribution in [0.1, 0.15) is 27.0 Å². The molecule has 0 amide bonds. The summed E-state index contributed by atoms with van der Waals surface area (Å²) in [5, 5.41) is 1.13. The number of hydrogen-bond acceptors (Lipinski definition) is 5. The van der Waals surface area contributed by atoms with Crippen LogP contribution in [0.3, 0.4) is 0 Å². The molecule has 0 aliphatic heterocycles. The average molecular weight is 373 g/mol. The Morgan fingerprint density at radius 3 is 2.58 bits per heavy atom. The summed E-state index contributed by atoms with van der Waals surface area (Å²) in [4.78, 5) is 24.2. The van der Waals surface area contributed by atoms with E-state index in [-0.39, 0.29) is 12.2 Å². The summed E-state index contributed by atoms with van der Waals surface area (Å²) in [7, 11) is 1.46. The van der Waals surface area contributed by atoms with E-state index in [0.717, 1.165) is 16.5 Å². The highest BCUT2D eigenvalue weighted by molar-refractivity contribution is 6.31. The zero-order valence-electron chi connectivity index (χ0n) is 14.6. The van der Waals surface area contributed by atoms with Crippen molar-refractivity contribution in [1.29, 1.82) is 0 Å². The minimum atomic E-state index is -0.588. The van der Waals surface area contributed by atoms with Crippen LogP contribution in [-0.4, -0.2) is 13.1 Å². The molecule has 0 aliphatic rings. The first-order valence-electron chi connectivity index (χ1n) is 7.93. The molecule has 0 saturated carbocycles. The van der Waals surface area contributed by atoms with Gasteiger partial charge in [0.05, 0.1) is 7.11 Å². The smallest absolute Gasteiger partial charge is 0.342 e. The van der Waals surface area contributed by atoms with Gasteiger partial charge >= 0.3 is 11.6 Å². The van der Waals surface area contributed by atoms with Gasteiger partial charge in [-0.15, -0.1) is 0 Å². The van der Waals surface area contributed by atoms with E-state index in [1.807, 2.05) is 19.9 Å². The largest absolute Gasteiger partial charge is 0.496 e. The fourth-order valence-electron chi connectivity index (χ4n) is 2.66. The van der Waals surface area contributed by atoms with Crippen LogP contribution in [0.2, 0.25) is 5.02 Å². The third-order valence-electron chi connectivity index (χ3n) is 4.18. The van der Waals surface area contributed by atoms with Crippen LogP contribution in [0.25, 0.3) is 11.0 Å². The summed E-state index contributed by atoms with van der Waals surface area (Å²) in [6, 6.07) is 9.75. The lowest BCUT2D eigenvalue weighted by Gasteiger charge is -2.11. The molecule has 26 heavy (non-hydrogen) atoms. The summed E-state index contributed by atoms with van der Waals surface area (Å²) in [5.41, 5.74) is 2.83. The normalized spacial score (nSPS) is 10.8. The van der Waals surface area contributed by atoms with Crippen molar-refractivity contribution in [3.8, 4) is 5.75 Å². The summed E-state index contributed by atoms with van der Waals surface area (Å²) < 4.78 is 15.8. The molecule has 0 saturated heterocycles. The van der Waals surface area contributed by atoms with Gasteiger partial charge < -0.3 is 13.9 Å². The summed E-state index contributed by atoms with van der Waals surface area (Å²) in [6.45, 7) is 3.83. The van der Waals surface area contributed by atoms with Crippen LogP contribution >= 0.6 is 11.6 Å². The zero-order chi connectivity index (χ0) is 18.8. The van der Waals surface area contributed by atoms with Gasteiger partial charge in [-0.1, -0.05) is 11.6 Å². The molecule has 0 N–H and O–H groups in total. The maximum atomic E-state index is 12.4. The number of rotatable bonds is 4. The van der Waals surface area contributed by atoms with Gasteiger partial charge in [0.1, 0.15) is 23.5 Å². The van der Waals surface area contributed by atoms with Crippen molar-refractivity contribution in [2.45, 2.75) is 20.5 Å². The van der Waals surface area contributed by atoms with E-state index in [1.165, 1.54) is 19.2 Å². The van der Waals surface area contributed by atoms with Gasteiger partial charge in [0.25, 0.3) is 0 Å². The molecule has 0 fully saturated rings. The van der Waals surface area contributed by atoms with E-state index < -0.39 is 11.6 Å². The number of methoxy groups -OCH3 is 1. The van der Waals surface area contributed by atoms with Gasteiger partial charge in [-0.2, -0.15) is 0 Å². The van der Waals surface area contributed by atoms with Gasteiger partial charge in [-0.25, -0.2) is 9.59 Å². The summed E-state index contributed by atoms with van der Waals surface area (Å²) in [6.07, 6.45) is 0. The molecule has 3 rings (SSSR count). The number of carbonyl (C=O) groups excluding carboxylic acids is 1. The quantitative estimate of drug-likeness (QED) is 0.500. The number of ether oxygens (including phenoxy) is 2. The number of benzene rings is 2. The van der Waals surface area contributed by atoms with Crippen molar-refractivity contribution in [3.05, 3.63) is 74.1 Å². The Bertz CT molecular complexity index is 1050. The van der Waals surface area contributed by atoms with Gasteiger partial charge in [0, 0.05) is 22.0 Å². The third kappa shape index (κ3) is 3.58. The molecule has 3 aromatic rings. The second kappa shape index (κ2) is 7.22. The Morgan fingerprint density at radius 1 is 1.12 bits per heavy atom. The van der Waals surface area contributed by atoms with Crippen LogP contribution in [0.15, 0.2) is 45.6 Å². The molecule has 0 radical (unpaired) electrons. The Kier molecular flexibility index (Phi) is 5.00. The molecule has 0 unspecified atom stereocenters.